The number of anilines is 1. The average molecular weight is 306 g/mol. The molecule has 6 heteroatoms. The van der Waals surface area contributed by atoms with Crippen molar-refractivity contribution in [3.05, 3.63) is 65.6 Å². The van der Waals surface area contributed by atoms with Crippen molar-refractivity contribution in [3.63, 3.8) is 0 Å². The van der Waals surface area contributed by atoms with Gasteiger partial charge >= 0.3 is 0 Å². The first-order valence-corrected chi connectivity index (χ1v) is 6.99. The molecule has 0 fully saturated rings. The molecule has 0 aliphatic carbocycles. The third kappa shape index (κ3) is 3.01. The smallest absolute Gasteiger partial charge is 0.275 e. The number of carbonyl (C=O) groups excluding carboxylic acids is 2. The van der Waals surface area contributed by atoms with Crippen molar-refractivity contribution in [2.24, 2.45) is 5.73 Å². The number of aromatic nitrogens is 2. The number of aryl methyl sites for hydroxylation is 1. The molecule has 0 radical (unpaired) electrons. The van der Waals surface area contributed by atoms with Gasteiger partial charge in [0.1, 0.15) is 11.5 Å². The van der Waals surface area contributed by atoms with E-state index in [9.17, 15) is 9.59 Å². The van der Waals surface area contributed by atoms with E-state index in [4.69, 9.17) is 5.73 Å². The summed E-state index contributed by atoms with van der Waals surface area (Å²) >= 11 is 0. The lowest BCUT2D eigenvalue weighted by Crippen LogP contribution is -2.16. The number of primary amides is 1. The summed E-state index contributed by atoms with van der Waals surface area (Å²) in [6.45, 7) is 1.74. The Morgan fingerprint density at radius 3 is 2.39 bits per heavy atom. The molecule has 0 saturated carbocycles. The van der Waals surface area contributed by atoms with Gasteiger partial charge in [0.25, 0.3) is 5.91 Å². The number of para-hydroxylation sites is 1. The number of carbonyl (C=O) groups is 2. The molecular formula is C17H14N4O2. The number of amides is 2. The molecule has 1 aromatic heterocycles. The van der Waals surface area contributed by atoms with Crippen LogP contribution < -0.4 is 11.1 Å². The van der Waals surface area contributed by atoms with Gasteiger partial charge in [-0.3, -0.25) is 9.59 Å². The Bertz CT molecular complexity index is 904. The van der Waals surface area contributed by atoms with Gasteiger partial charge in [-0.25, -0.2) is 9.97 Å². The second kappa shape index (κ2) is 5.84. The number of benzene rings is 2. The maximum atomic E-state index is 12.5. The van der Waals surface area contributed by atoms with Gasteiger partial charge in [0.2, 0.25) is 5.91 Å². The van der Waals surface area contributed by atoms with Crippen LogP contribution in [0.25, 0.3) is 10.9 Å². The number of nitrogens with zero attached hydrogens (tertiary/aromatic N) is 2. The SMILES string of the molecule is Cc1nc(C(=O)Nc2ccc(C(N)=O)cc2)c2ccccc2n1. The predicted molar refractivity (Wildman–Crippen MR) is 87.2 cm³/mol. The number of rotatable bonds is 3. The van der Waals surface area contributed by atoms with Gasteiger partial charge in [-0.05, 0) is 37.3 Å². The lowest BCUT2D eigenvalue weighted by Gasteiger charge is -2.08. The standard InChI is InChI=1S/C17H14N4O2/c1-10-19-14-5-3-2-4-13(14)15(20-10)17(23)21-12-8-6-11(7-9-12)16(18)22/h2-9H,1H3,(H2,18,22)(H,21,23). The summed E-state index contributed by atoms with van der Waals surface area (Å²) < 4.78 is 0. The molecule has 23 heavy (non-hydrogen) atoms. The molecule has 0 bridgehead atoms. The van der Waals surface area contributed by atoms with Crippen LogP contribution in [0.2, 0.25) is 0 Å². The first kappa shape index (κ1) is 14.6. The van der Waals surface area contributed by atoms with Crippen LogP contribution in [0.3, 0.4) is 0 Å². The predicted octanol–water partition coefficient (Wildman–Crippen LogP) is 2.29. The average Bonchev–Trinajstić information content (AvgIpc) is 2.54. The second-order valence-corrected chi connectivity index (χ2v) is 5.03. The largest absolute Gasteiger partial charge is 0.366 e. The minimum atomic E-state index is -0.514. The van der Waals surface area contributed by atoms with Crippen LogP contribution in [-0.2, 0) is 0 Å². The van der Waals surface area contributed by atoms with Crippen molar-refractivity contribution < 1.29 is 9.59 Å². The Morgan fingerprint density at radius 2 is 1.70 bits per heavy atom. The van der Waals surface area contributed by atoms with Gasteiger partial charge in [-0.1, -0.05) is 18.2 Å². The maximum Gasteiger partial charge on any atom is 0.275 e. The summed E-state index contributed by atoms with van der Waals surface area (Å²) in [6, 6.07) is 13.7. The fourth-order valence-corrected chi connectivity index (χ4v) is 2.27. The number of fused-ring (bicyclic) bond motifs is 1. The van der Waals surface area contributed by atoms with E-state index in [-0.39, 0.29) is 5.91 Å². The van der Waals surface area contributed by atoms with Crippen LogP contribution in [0.15, 0.2) is 48.5 Å². The summed E-state index contributed by atoms with van der Waals surface area (Å²) in [5, 5.41) is 3.45. The van der Waals surface area contributed by atoms with Crippen LogP contribution in [0.5, 0.6) is 0 Å². The normalized spacial score (nSPS) is 10.5. The molecule has 2 amide bonds. The molecule has 3 rings (SSSR count). The van der Waals surface area contributed by atoms with Crippen LogP contribution in [0.4, 0.5) is 5.69 Å². The number of hydrogen-bond acceptors (Lipinski definition) is 4. The first-order valence-electron chi connectivity index (χ1n) is 6.99. The summed E-state index contributed by atoms with van der Waals surface area (Å²) in [5.41, 5.74) is 7.16. The molecule has 6 nitrogen and oxygen atoms in total. The van der Waals surface area contributed by atoms with Crippen LogP contribution in [-0.4, -0.2) is 21.8 Å². The quantitative estimate of drug-likeness (QED) is 0.775. The summed E-state index contributed by atoms with van der Waals surface area (Å²) in [4.78, 5) is 32.1. The molecule has 2 aromatic carbocycles. The van der Waals surface area contributed by atoms with Crippen LogP contribution in [0.1, 0.15) is 26.7 Å². The highest BCUT2D eigenvalue weighted by Crippen LogP contribution is 2.17. The molecule has 1 heterocycles. The molecule has 0 aliphatic heterocycles. The maximum absolute atomic E-state index is 12.5. The number of hydrogen-bond donors (Lipinski definition) is 2. The molecule has 3 aromatic rings. The van der Waals surface area contributed by atoms with E-state index in [1.54, 1.807) is 37.3 Å². The van der Waals surface area contributed by atoms with Gasteiger partial charge in [-0.2, -0.15) is 0 Å². The first-order chi connectivity index (χ1) is 11.0. The molecule has 0 spiro atoms. The number of nitrogens with two attached hydrogens (primary N) is 1. The summed E-state index contributed by atoms with van der Waals surface area (Å²) in [5.74, 6) is -0.322. The van der Waals surface area contributed by atoms with Crippen molar-refractivity contribution in [2.45, 2.75) is 6.92 Å². The molecule has 0 unspecified atom stereocenters. The molecule has 114 valence electrons. The highest BCUT2D eigenvalue weighted by molar-refractivity contribution is 6.10. The molecule has 0 atom stereocenters. The van der Waals surface area contributed by atoms with E-state index in [1.165, 1.54) is 0 Å². The van der Waals surface area contributed by atoms with Crippen molar-refractivity contribution in [3.8, 4) is 0 Å². The summed E-state index contributed by atoms with van der Waals surface area (Å²) in [6.07, 6.45) is 0. The zero-order valence-corrected chi connectivity index (χ0v) is 12.4. The zero-order valence-electron chi connectivity index (χ0n) is 12.4. The van der Waals surface area contributed by atoms with Crippen molar-refractivity contribution in [2.75, 3.05) is 5.32 Å². The highest BCUT2D eigenvalue weighted by Gasteiger charge is 2.14. The van der Waals surface area contributed by atoms with Crippen molar-refractivity contribution in [1.29, 1.82) is 0 Å². The van der Waals surface area contributed by atoms with Gasteiger partial charge in [0, 0.05) is 16.6 Å². The van der Waals surface area contributed by atoms with Crippen molar-refractivity contribution >= 4 is 28.4 Å². The van der Waals surface area contributed by atoms with Gasteiger partial charge in [0.15, 0.2) is 0 Å². The molecule has 0 aliphatic rings. The Balaban J connectivity index is 1.93. The third-order valence-corrected chi connectivity index (χ3v) is 3.36. The fraction of sp³-hybridized carbons (Fsp3) is 0.0588. The lowest BCUT2D eigenvalue weighted by molar-refractivity contribution is 0.0998. The van der Waals surface area contributed by atoms with Gasteiger partial charge < -0.3 is 11.1 Å². The Hall–Kier alpha value is -3.28. The van der Waals surface area contributed by atoms with E-state index >= 15 is 0 Å². The lowest BCUT2D eigenvalue weighted by atomic mass is 10.1. The van der Waals surface area contributed by atoms with E-state index in [2.05, 4.69) is 15.3 Å². The minimum Gasteiger partial charge on any atom is -0.366 e. The van der Waals surface area contributed by atoms with Crippen LogP contribution in [0, 0.1) is 6.92 Å². The van der Waals surface area contributed by atoms with Crippen LogP contribution >= 0.6 is 0 Å². The second-order valence-electron chi connectivity index (χ2n) is 5.03. The topological polar surface area (TPSA) is 98.0 Å². The fourth-order valence-electron chi connectivity index (χ4n) is 2.27. The minimum absolute atomic E-state index is 0.312. The van der Waals surface area contributed by atoms with Crippen molar-refractivity contribution in [1.82, 2.24) is 9.97 Å². The van der Waals surface area contributed by atoms with E-state index in [1.807, 2.05) is 18.2 Å². The molecule has 3 N–H and O–H groups in total. The monoisotopic (exact) mass is 306 g/mol. The summed E-state index contributed by atoms with van der Waals surface area (Å²) in [7, 11) is 0. The Morgan fingerprint density at radius 1 is 1.00 bits per heavy atom. The zero-order chi connectivity index (χ0) is 16.4. The van der Waals surface area contributed by atoms with Gasteiger partial charge in [0.05, 0.1) is 5.52 Å². The Kier molecular flexibility index (Phi) is 3.72. The number of nitrogens with one attached hydrogen (secondary N) is 1. The third-order valence-electron chi connectivity index (χ3n) is 3.36. The Labute approximate surface area is 132 Å². The van der Waals surface area contributed by atoms with E-state index in [0.717, 1.165) is 0 Å². The van der Waals surface area contributed by atoms with Gasteiger partial charge in [-0.15, -0.1) is 0 Å². The highest BCUT2D eigenvalue weighted by atomic mass is 16.2. The molecule has 0 saturated heterocycles. The molecular weight excluding hydrogens is 292 g/mol. The van der Waals surface area contributed by atoms with E-state index in [0.29, 0.717) is 33.7 Å². The van der Waals surface area contributed by atoms with E-state index < -0.39 is 5.91 Å².